The maximum Gasteiger partial charge on any atom is 0.313 e. The highest BCUT2D eigenvalue weighted by Crippen LogP contribution is 2.19. The highest BCUT2D eigenvalue weighted by atomic mass is 16.5. The second kappa shape index (κ2) is 5.47. The van der Waals surface area contributed by atoms with Crippen molar-refractivity contribution >= 4 is 5.97 Å². The van der Waals surface area contributed by atoms with E-state index in [2.05, 4.69) is 0 Å². The van der Waals surface area contributed by atoms with Crippen molar-refractivity contribution in [3.8, 4) is 0 Å². The predicted octanol–water partition coefficient (Wildman–Crippen LogP) is 1.24. The number of esters is 1. The van der Waals surface area contributed by atoms with E-state index in [1.807, 2.05) is 13.8 Å². The fraction of sp³-hybridized carbons (Fsp3) is 0.909. The van der Waals surface area contributed by atoms with Crippen molar-refractivity contribution in [2.24, 2.45) is 11.3 Å². The molecular weight excluding hydrogens is 196 g/mol. The summed E-state index contributed by atoms with van der Waals surface area (Å²) in [5.41, 5.74) is -0.561. The number of hydrogen-bond donors (Lipinski definition) is 0. The summed E-state index contributed by atoms with van der Waals surface area (Å²) < 4.78 is 15.5. The molecule has 0 N–H and O–H groups in total. The predicted molar refractivity (Wildman–Crippen MR) is 55.5 cm³/mol. The number of rotatable bonds is 5. The molecule has 0 amide bonds. The first kappa shape index (κ1) is 12.5. The fourth-order valence-electron chi connectivity index (χ4n) is 1.53. The minimum Gasteiger partial charge on any atom is -0.469 e. The highest BCUT2D eigenvalue weighted by molar-refractivity contribution is 5.75. The van der Waals surface area contributed by atoms with Gasteiger partial charge in [0.15, 0.2) is 0 Å². The van der Waals surface area contributed by atoms with Gasteiger partial charge in [-0.3, -0.25) is 4.79 Å². The molecular formula is C11H20O4. The molecule has 1 rings (SSSR count). The number of hydrogen-bond acceptors (Lipinski definition) is 4. The van der Waals surface area contributed by atoms with E-state index < -0.39 is 5.41 Å². The van der Waals surface area contributed by atoms with E-state index in [4.69, 9.17) is 14.2 Å². The van der Waals surface area contributed by atoms with Gasteiger partial charge >= 0.3 is 5.97 Å². The van der Waals surface area contributed by atoms with Crippen LogP contribution in [0.25, 0.3) is 0 Å². The van der Waals surface area contributed by atoms with Crippen LogP contribution in [0.2, 0.25) is 0 Å². The third-order valence-corrected chi connectivity index (χ3v) is 2.58. The van der Waals surface area contributed by atoms with Gasteiger partial charge in [-0.15, -0.1) is 0 Å². The van der Waals surface area contributed by atoms with E-state index in [1.165, 1.54) is 7.11 Å². The van der Waals surface area contributed by atoms with Crippen molar-refractivity contribution in [3.05, 3.63) is 0 Å². The van der Waals surface area contributed by atoms with E-state index in [0.29, 0.717) is 19.1 Å². The van der Waals surface area contributed by atoms with Gasteiger partial charge in [0, 0.05) is 12.5 Å². The zero-order chi connectivity index (χ0) is 11.3. The molecule has 0 aromatic heterocycles. The first-order valence-electron chi connectivity index (χ1n) is 5.30. The number of ether oxygens (including phenoxy) is 3. The van der Waals surface area contributed by atoms with Crippen LogP contribution in [0, 0.1) is 11.3 Å². The Bertz CT molecular complexity index is 207. The molecule has 1 aliphatic heterocycles. The van der Waals surface area contributed by atoms with Crippen molar-refractivity contribution in [3.63, 3.8) is 0 Å². The Labute approximate surface area is 90.9 Å². The Kier molecular flexibility index (Phi) is 4.54. The average Bonchev–Trinajstić information content (AvgIpc) is 2.69. The van der Waals surface area contributed by atoms with Gasteiger partial charge in [0.05, 0.1) is 32.3 Å². The van der Waals surface area contributed by atoms with Crippen LogP contribution >= 0.6 is 0 Å². The molecule has 4 nitrogen and oxygen atoms in total. The fourth-order valence-corrected chi connectivity index (χ4v) is 1.53. The van der Waals surface area contributed by atoms with Gasteiger partial charge in [0.2, 0.25) is 0 Å². The maximum atomic E-state index is 11.3. The summed E-state index contributed by atoms with van der Waals surface area (Å²) in [6.07, 6.45) is 1.05. The summed E-state index contributed by atoms with van der Waals surface area (Å²) in [5, 5.41) is 0. The summed E-state index contributed by atoms with van der Waals surface area (Å²) in [5.74, 6) is 0.253. The molecule has 0 radical (unpaired) electrons. The van der Waals surface area contributed by atoms with E-state index >= 15 is 0 Å². The van der Waals surface area contributed by atoms with Crippen molar-refractivity contribution < 1.29 is 19.0 Å². The molecule has 0 aromatic carbocycles. The minimum absolute atomic E-state index is 0.231. The van der Waals surface area contributed by atoms with E-state index in [-0.39, 0.29) is 5.97 Å². The Morgan fingerprint density at radius 3 is 2.80 bits per heavy atom. The molecule has 4 heteroatoms. The second-order valence-corrected chi connectivity index (χ2v) is 4.62. The third-order valence-electron chi connectivity index (χ3n) is 2.58. The van der Waals surface area contributed by atoms with Gasteiger partial charge in [0.1, 0.15) is 0 Å². The van der Waals surface area contributed by atoms with Crippen LogP contribution in [0.1, 0.15) is 20.3 Å². The molecule has 0 spiro atoms. The smallest absolute Gasteiger partial charge is 0.313 e. The van der Waals surface area contributed by atoms with Crippen LogP contribution < -0.4 is 0 Å². The number of carbonyl (C=O) groups excluding carboxylic acids is 1. The molecule has 0 bridgehead atoms. The third kappa shape index (κ3) is 3.80. The monoisotopic (exact) mass is 216 g/mol. The average molecular weight is 216 g/mol. The normalized spacial score (nSPS) is 21.7. The molecule has 1 fully saturated rings. The lowest BCUT2D eigenvalue weighted by molar-refractivity contribution is -0.154. The van der Waals surface area contributed by atoms with Crippen molar-refractivity contribution in [1.29, 1.82) is 0 Å². The van der Waals surface area contributed by atoms with Gasteiger partial charge in [0.25, 0.3) is 0 Å². The Morgan fingerprint density at radius 1 is 1.53 bits per heavy atom. The van der Waals surface area contributed by atoms with E-state index in [1.54, 1.807) is 0 Å². The van der Waals surface area contributed by atoms with E-state index in [0.717, 1.165) is 19.6 Å². The lowest BCUT2D eigenvalue weighted by atomic mass is 9.95. The largest absolute Gasteiger partial charge is 0.469 e. The van der Waals surface area contributed by atoms with Crippen LogP contribution in [-0.4, -0.2) is 39.5 Å². The summed E-state index contributed by atoms with van der Waals surface area (Å²) >= 11 is 0. The molecule has 0 aliphatic carbocycles. The molecule has 1 saturated heterocycles. The van der Waals surface area contributed by atoms with Crippen LogP contribution in [0.4, 0.5) is 0 Å². The van der Waals surface area contributed by atoms with Gasteiger partial charge < -0.3 is 14.2 Å². The summed E-state index contributed by atoms with van der Waals surface area (Å²) in [4.78, 5) is 11.3. The molecule has 0 saturated carbocycles. The van der Waals surface area contributed by atoms with Gasteiger partial charge in [-0.1, -0.05) is 0 Å². The Morgan fingerprint density at radius 2 is 2.27 bits per heavy atom. The molecule has 88 valence electrons. The lowest BCUT2D eigenvalue weighted by Gasteiger charge is -2.21. The lowest BCUT2D eigenvalue weighted by Crippen LogP contribution is -2.31. The molecule has 0 aromatic rings. The first-order valence-corrected chi connectivity index (χ1v) is 5.30. The number of carbonyl (C=O) groups is 1. The molecule has 1 atom stereocenters. The van der Waals surface area contributed by atoms with Crippen LogP contribution in [0.5, 0.6) is 0 Å². The van der Waals surface area contributed by atoms with Gasteiger partial charge in [-0.25, -0.2) is 0 Å². The first-order chi connectivity index (χ1) is 7.06. The maximum absolute atomic E-state index is 11.3. The molecule has 1 heterocycles. The Hall–Kier alpha value is -0.610. The molecule has 15 heavy (non-hydrogen) atoms. The topological polar surface area (TPSA) is 44.8 Å². The number of methoxy groups -OCH3 is 1. The standard InChI is InChI=1S/C11H20O4/c1-11(2,10(12)13-3)8-15-7-9-4-5-14-6-9/h9H,4-8H2,1-3H3. The van der Waals surface area contributed by atoms with E-state index in [9.17, 15) is 4.79 Å². The van der Waals surface area contributed by atoms with Gasteiger partial charge in [-0.2, -0.15) is 0 Å². The highest BCUT2D eigenvalue weighted by Gasteiger charge is 2.29. The molecule has 1 unspecified atom stereocenters. The van der Waals surface area contributed by atoms with Crippen molar-refractivity contribution in [2.75, 3.05) is 33.5 Å². The Balaban J connectivity index is 2.20. The zero-order valence-electron chi connectivity index (χ0n) is 9.75. The SMILES string of the molecule is COC(=O)C(C)(C)COCC1CCOC1. The van der Waals surface area contributed by atoms with Crippen molar-refractivity contribution in [2.45, 2.75) is 20.3 Å². The van der Waals surface area contributed by atoms with Crippen LogP contribution in [0.15, 0.2) is 0 Å². The van der Waals surface area contributed by atoms with Gasteiger partial charge in [-0.05, 0) is 20.3 Å². The molecule has 1 aliphatic rings. The summed E-state index contributed by atoms with van der Waals surface area (Å²) in [6, 6.07) is 0. The minimum atomic E-state index is -0.561. The summed E-state index contributed by atoms with van der Waals surface area (Å²) in [6.45, 7) is 6.32. The quantitative estimate of drug-likeness (QED) is 0.649. The second-order valence-electron chi connectivity index (χ2n) is 4.62. The van der Waals surface area contributed by atoms with Crippen LogP contribution in [0.3, 0.4) is 0 Å². The zero-order valence-corrected chi connectivity index (χ0v) is 9.75. The van der Waals surface area contributed by atoms with Crippen molar-refractivity contribution in [1.82, 2.24) is 0 Å². The summed E-state index contributed by atoms with van der Waals surface area (Å²) in [7, 11) is 1.40. The van der Waals surface area contributed by atoms with Crippen LogP contribution in [-0.2, 0) is 19.0 Å².